The lowest BCUT2D eigenvalue weighted by Gasteiger charge is -2.23. The van der Waals surface area contributed by atoms with Gasteiger partial charge in [0.15, 0.2) is 15.8 Å². The number of amides is 1. The van der Waals surface area contributed by atoms with Crippen LogP contribution in [0.1, 0.15) is 36.6 Å². The fraction of sp³-hybridized carbons (Fsp3) is 0.212. The molecule has 2 heterocycles. The van der Waals surface area contributed by atoms with Gasteiger partial charge in [-0.3, -0.25) is 14.5 Å². The van der Waals surface area contributed by atoms with Gasteiger partial charge in [0.1, 0.15) is 18.1 Å². The number of carbonyl (C=O) groups excluding carboxylic acids is 2. The summed E-state index contributed by atoms with van der Waals surface area (Å²) in [4.78, 5) is 28.6. The molecule has 238 valence electrons. The van der Waals surface area contributed by atoms with Gasteiger partial charge in [-0.1, -0.05) is 71.1 Å². The predicted molar refractivity (Wildman–Crippen MR) is 182 cm³/mol. The Morgan fingerprint density at radius 1 is 1.00 bits per heavy atom. The number of anilines is 1. The number of halogens is 2. The number of aromatic nitrogens is 2. The first kappa shape index (κ1) is 33.3. The maximum Gasteiger partial charge on any atom is 0.301 e. The number of nitrogens with zero attached hydrogens (tertiary/aromatic N) is 3. The highest BCUT2D eigenvalue weighted by molar-refractivity contribution is 8.00. The number of carbonyl (C=O) groups is 2. The zero-order valence-electron chi connectivity index (χ0n) is 24.9. The minimum absolute atomic E-state index is 0.103. The standard InChI is InChI=1S/C33H29Cl2N3O6S2/c1-4-15-44-25-14-10-20(16-26(25)43-6-3)28-27(29(39)19-8-12-23(13-9-19)42-5-2)30(40)31(41)38(28)32-36-37-33(46-32)45-18-21-7-11-22(34)17-24(21)35/h4,7-14,16-17,28,39H,1,5-6,15,18H2,2-3H3/b29-27+. The van der Waals surface area contributed by atoms with E-state index in [0.717, 1.165) is 16.9 Å². The fourth-order valence-electron chi connectivity index (χ4n) is 4.74. The molecule has 1 unspecified atom stereocenters. The average Bonchev–Trinajstić information content (AvgIpc) is 3.62. The molecule has 5 rings (SSSR count). The van der Waals surface area contributed by atoms with Gasteiger partial charge in [-0.15, -0.1) is 10.2 Å². The molecule has 1 aliphatic heterocycles. The number of hydrogen-bond donors (Lipinski definition) is 1. The maximum absolute atomic E-state index is 13.7. The number of thioether (sulfide) groups is 1. The highest BCUT2D eigenvalue weighted by atomic mass is 35.5. The molecule has 1 amide bonds. The second kappa shape index (κ2) is 15.0. The van der Waals surface area contributed by atoms with E-state index in [-0.39, 0.29) is 23.1 Å². The third-order valence-corrected chi connectivity index (χ3v) is 9.48. The zero-order chi connectivity index (χ0) is 32.8. The van der Waals surface area contributed by atoms with Crippen LogP contribution in [0, 0.1) is 0 Å². The second-order valence-electron chi connectivity index (χ2n) is 9.74. The average molecular weight is 699 g/mol. The Morgan fingerprint density at radius 3 is 2.46 bits per heavy atom. The molecule has 0 bridgehead atoms. The van der Waals surface area contributed by atoms with Crippen LogP contribution in [0.2, 0.25) is 10.0 Å². The van der Waals surface area contributed by atoms with Crippen molar-refractivity contribution in [3.05, 3.63) is 106 Å². The summed E-state index contributed by atoms with van der Waals surface area (Å²) in [6.45, 7) is 8.46. The molecule has 9 nitrogen and oxygen atoms in total. The van der Waals surface area contributed by atoms with Crippen LogP contribution in [0.25, 0.3) is 5.76 Å². The number of ether oxygens (including phenoxy) is 3. The van der Waals surface area contributed by atoms with E-state index in [0.29, 0.717) is 61.7 Å². The van der Waals surface area contributed by atoms with E-state index >= 15 is 0 Å². The normalized spacial score (nSPS) is 15.7. The molecule has 3 aromatic carbocycles. The smallest absolute Gasteiger partial charge is 0.301 e. The van der Waals surface area contributed by atoms with E-state index in [9.17, 15) is 14.7 Å². The van der Waals surface area contributed by atoms with Crippen LogP contribution in [-0.4, -0.2) is 46.8 Å². The Hall–Kier alpha value is -4.03. The van der Waals surface area contributed by atoms with Crippen LogP contribution in [0.15, 0.2) is 83.2 Å². The van der Waals surface area contributed by atoms with Crippen molar-refractivity contribution in [1.29, 1.82) is 0 Å². The molecule has 46 heavy (non-hydrogen) atoms. The van der Waals surface area contributed by atoms with E-state index in [1.165, 1.54) is 16.7 Å². The summed E-state index contributed by atoms with van der Waals surface area (Å²) < 4.78 is 17.7. The van der Waals surface area contributed by atoms with E-state index in [1.807, 2.05) is 19.9 Å². The first-order chi connectivity index (χ1) is 22.2. The SMILES string of the molecule is C=CCOc1ccc(C2/C(=C(\O)c3ccc(OCC)cc3)C(=O)C(=O)N2c2nnc(SCc3ccc(Cl)cc3Cl)s2)cc1OCC. The first-order valence-electron chi connectivity index (χ1n) is 14.2. The molecule has 1 fully saturated rings. The maximum atomic E-state index is 13.7. The summed E-state index contributed by atoms with van der Waals surface area (Å²) in [5.74, 6) is -0.100. The second-order valence-corrected chi connectivity index (χ2v) is 12.8. The number of benzene rings is 3. The topological polar surface area (TPSA) is 111 Å². The zero-order valence-corrected chi connectivity index (χ0v) is 28.0. The summed E-state index contributed by atoms with van der Waals surface area (Å²) in [5.41, 5.74) is 1.59. The quantitative estimate of drug-likeness (QED) is 0.0370. The number of aliphatic hydroxyl groups is 1. The highest BCUT2D eigenvalue weighted by Crippen LogP contribution is 2.46. The van der Waals surface area contributed by atoms with Gasteiger partial charge in [-0.2, -0.15) is 0 Å². The molecule has 0 saturated carbocycles. The van der Waals surface area contributed by atoms with Crippen molar-refractivity contribution < 1.29 is 28.9 Å². The number of ketones is 1. The minimum atomic E-state index is -1.05. The lowest BCUT2D eigenvalue weighted by molar-refractivity contribution is -0.132. The highest BCUT2D eigenvalue weighted by Gasteiger charge is 2.48. The Bertz CT molecular complexity index is 1790. The number of rotatable bonds is 13. The summed E-state index contributed by atoms with van der Waals surface area (Å²) in [5, 5.41) is 21.3. The Labute approximate surface area is 284 Å². The summed E-state index contributed by atoms with van der Waals surface area (Å²) in [6, 6.07) is 15.9. The third-order valence-electron chi connectivity index (χ3n) is 6.79. The van der Waals surface area contributed by atoms with E-state index in [4.69, 9.17) is 37.4 Å². The number of aliphatic hydroxyl groups excluding tert-OH is 1. The van der Waals surface area contributed by atoms with Gasteiger partial charge < -0.3 is 19.3 Å². The summed E-state index contributed by atoms with van der Waals surface area (Å²) in [7, 11) is 0. The molecule has 0 aliphatic carbocycles. The van der Waals surface area contributed by atoms with Gasteiger partial charge in [0.05, 0.1) is 24.8 Å². The van der Waals surface area contributed by atoms with Crippen molar-refractivity contribution in [3.63, 3.8) is 0 Å². The van der Waals surface area contributed by atoms with Crippen LogP contribution in [0.3, 0.4) is 0 Å². The largest absolute Gasteiger partial charge is 0.507 e. The molecule has 1 atom stereocenters. The lowest BCUT2D eigenvalue weighted by atomic mass is 9.95. The van der Waals surface area contributed by atoms with Crippen molar-refractivity contribution in [2.75, 3.05) is 24.7 Å². The van der Waals surface area contributed by atoms with Gasteiger partial charge in [0, 0.05) is 21.4 Å². The van der Waals surface area contributed by atoms with Gasteiger partial charge in [0.2, 0.25) is 5.13 Å². The van der Waals surface area contributed by atoms with E-state index in [2.05, 4.69) is 16.8 Å². The van der Waals surface area contributed by atoms with Crippen LogP contribution in [0.4, 0.5) is 5.13 Å². The molecule has 4 aromatic rings. The van der Waals surface area contributed by atoms with Crippen LogP contribution < -0.4 is 19.1 Å². The minimum Gasteiger partial charge on any atom is -0.507 e. The van der Waals surface area contributed by atoms with E-state index < -0.39 is 17.7 Å². The molecular formula is C33H29Cl2N3O6S2. The molecular weight excluding hydrogens is 669 g/mol. The van der Waals surface area contributed by atoms with Gasteiger partial charge in [0.25, 0.3) is 5.78 Å². The third kappa shape index (κ3) is 7.18. The molecule has 1 aliphatic rings. The van der Waals surface area contributed by atoms with Crippen LogP contribution >= 0.6 is 46.3 Å². The molecule has 1 aromatic heterocycles. The molecule has 1 N–H and O–H groups in total. The molecule has 1 saturated heterocycles. The summed E-state index contributed by atoms with van der Waals surface area (Å²) in [6.07, 6.45) is 1.61. The van der Waals surface area contributed by atoms with Gasteiger partial charge in [-0.25, -0.2) is 0 Å². The monoisotopic (exact) mass is 697 g/mol. The molecule has 0 radical (unpaired) electrons. The van der Waals surface area contributed by atoms with Gasteiger partial charge >= 0.3 is 5.91 Å². The van der Waals surface area contributed by atoms with Crippen molar-refractivity contribution in [2.24, 2.45) is 0 Å². The van der Waals surface area contributed by atoms with Crippen molar-refractivity contribution in [3.8, 4) is 17.2 Å². The van der Waals surface area contributed by atoms with Crippen molar-refractivity contribution in [2.45, 2.75) is 30.0 Å². The van der Waals surface area contributed by atoms with Crippen LogP contribution in [-0.2, 0) is 15.3 Å². The lowest BCUT2D eigenvalue weighted by Crippen LogP contribution is -2.29. The van der Waals surface area contributed by atoms with Crippen molar-refractivity contribution in [1.82, 2.24) is 10.2 Å². The first-order valence-corrected chi connectivity index (χ1v) is 16.8. The molecule has 13 heteroatoms. The van der Waals surface area contributed by atoms with Gasteiger partial charge in [-0.05, 0) is 73.5 Å². The Balaban J connectivity index is 1.57. The number of hydrogen-bond acceptors (Lipinski definition) is 10. The Kier molecular flexibility index (Phi) is 10.9. The predicted octanol–water partition coefficient (Wildman–Crippen LogP) is 8.13. The molecule has 0 spiro atoms. The van der Waals surface area contributed by atoms with Crippen LogP contribution in [0.5, 0.6) is 17.2 Å². The van der Waals surface area contributed by atoms with Crippen molar-refractivity contribution >= 4 is 68.9 Å². The fourth-order valence-corrected chi connectivity index (χ4v) is 7.17. The Morgan fingerprint density at radius 2 is 1.76 bits per heavy atom. The summed E-state index contributed by atoms with van der Waals surface area (Å²) >= 11 is 14.9. The number of Topliss-reactive ketones (excluding diaryl/α,β-unsaturated/α-hetero) is 1. The van der Waals surface area contributed by atoms with E-state index in [1.54, 1.807) is 60.7 Å².